The second-order valence-corrected chi connectivity index (χ2v) is 10.6. The average Bonchev–Trinajstić information content (AvgIpc) is 3.53. The van der Waals surface area contributed by atoms with Gasteiger partial charge in [-0.15, -0.1) is 0 Å². The van der Waals surface area contributed by atoms with Crippen LogP contribution in [-0.2, 0) is 0 Å². The number of anilines is 1. The number of hydrogen-bond donors (Lipinski definition) is 1. The van der Waals surface area contributed by atoms with Crippen molar-refractivity contribution in [1.29, 1.82) is 0 Å². The van der Waals surface area contributed by atoms with E-state index in [-0.39, 0.29) is 12.6 Å². The van der Waals surface area contributed by atoms with E-state index in [4.69, 9.17) is 9.84 Å². The number of aliphatic hydroxyl groups excluding tert-OH is 1. The largest absolute Gasteiger partial charge is 0.490 e. The maximum Gasteiger partial charge on any atom is 0.324 e. The third-order valence-corrected chi connectivity index (χ3v) is 8.46. The Morgan fingerprint density at radius 1 is 0.824 bits per heavy atom. The highest BCUT2D eigenvalue weighted by atomic mass is 16.5. The molecule has 34 heavy (non-hydrogen) atoms. The third kappa shape index (κ3) is 5.52. The molecule has 0 spiro atoms. The van der Waals surface area contributed by atoms with E-state index in [9.17, 15) is 4.79 Å². The van der Waals surface area contributed by atoms with E-state index in [1.165, 1.54) is 25.7 Å². The molecule has 2 saturated carbocycles. The molecule has 0 bridgehead atoms. The summed E-state index contributed by atoms with van der Waals surface area (Å²) >= 11 is 0. The lowest BCUT2D eigenvalue weighted by atomic mass is 9.89. The molecule has 4 fully saturated rings. The van der Waals surface area contributed by atoms with Crippen molar-refractivity contribution in [3.8, 4) is 5.75 Å². The standard InChI is InChI=1S/C27H42N4O3/c32-21-3-14-28-15-17-29(18-16-28)22-6-8-23(9-7-22)30-19-20-31(27(30)33)24-10-12-26(13-11-24)34-25-4-1-2-5-25/h10-13,22-23,25,32H,1-9,14-21H2. The molecule has 2 heterocycles. The Kier molecular flexibility index (Phi) is 7.92. The minimum Gasteiger partial charge on any atom is -0.490 e. The molecule has 0 radical (unpaired) electrons. The molecule has 1 aromatic carbocycles. The van der Waals surface area contributed by atoms with Crippen molar-refractivity contribution >= 4 is 11.7 Å². The molecule has 0 aromatic heterocycles. The molecular formula is C27H42N4O3. The van der Waals surface area contributed by atoms with Crippen LogP contribution in [0.4, 0.5) is 10.5 Å². The lowest BCUT2D eigenvalue weighted by molar-refractivity contribution is 0.0625. The Hall–Kier alpha value is -1.83. The zero-order valence-electron chi connectivity index (χ0n) is 20.6. The second kappa shape index (κ2) is 11.3. The van der Waals surface area contributed by atoms with Gasteiger partial charge in [-0.3, -0.25) is 9.80 Å². The van der Waals surface area contributed by atoms with E-state index in [0.29, 0.717) is 18.2 Å². The number of hydrogen-bond acceptors (Lipinski definition) is 5. The fourth-order valence-electron chi connectivity index (χ4n) is 6.42. The average molecular weight is 471 g/mol. The molecule has 7 heteroatoms. The smallest absolute Gasteiger partial charge is 0.324 e. The molecule has 4 aliphatic rings. The molecule has 1 N–H and O–H groups in total. The summed E-state index contributed by atoms with van der Waals surface area (Å²) in [4.78, 5) is 22.5. The van der Waals surface area contributed by atoms with Crippen LogP contribution in [-0.4, -0.2) is 96.4 Å². The second-order valence-electron chi connectivity index (χ2n) is 10.6. The van der Waals surface area contributed by atoms with Gasteiger partial charge in [0.05, 0.1) is 6.10 Å². The molecule has 2 aliphatic heterocycles. The summed E-state index contributed by atoms with van der Waals surface area (Å²) in [5.74, 6) is 0.923. The van der Waals surface area contributed by atoms with Crippen LogP contribution < -0.4 is 9.64 Å². The van der Waals surface area contributed by atoms with Gasteiger partial charge in [-0.1, -0.05) is 0 Å². The summed E-state index contributed by atoms with van der Waals surface area (Å²) < 4.78 is 6.09. The number of benzene rings is 1. The highest BCUT2D eigenvalue weighted by Crippen LogP contribution is 2.32. The molecule has 0 atom stereocenters. The minimum atomic E-state index is 0.172. The van der Waals surface area contributed by atoms with Crippen LogP contribution in [0.1, 0.15) is 57.8 Å². The van der Waals surface area contributed by atoms with Crippen molar-refractivity contribution < 1.29 is 14.6 Å². The maximum atomic E-state index is 13.3. The van der Waals surface area contributed by atoms with Gasteiger partial charge in [0.1, 0.15) is 5.75 Å². The Balaban J connectivity index is 1.08. The van der Waals surface area contributed by atoms with Crippen LogP contribution in [0.25, 0.3) is 0 Å². The van der Waals surface area contributed by atoms with E-state index in [1.54, 1.807) is 0 Å². The quantitative estimate of drug-likeness (QED) is 0.630. The third-order valence-electron chi connectivity index (χ3n) is 8.46. The van der Waals surface area contributed by atoms with Crippen LogP contribution in [0.3, 0.4) is 0 Å². The number of aliphatic hydroxyl groups is 1. The fraction of sp³-hybridized carbons (Fsp3) is 0.741. The number of carbonyl (C=O) groups is 1. The van der Waals surface area contributed by atoms with Gasteiger partial charge in [0.15, 0.2) is 0 Å². The summed E-state index contributed by atoms with van der Waals surface area (Å²) in [7, 11) is 0. The Morgan fingerprint density at radius 3 is 2.18 bits per heavy atom. The Bertz CT molecular complexity index is 782. The van der Waals surface area contributed by atoms with Crippen LogP contribution in [0.15, 0.2) is 24.3 Å². The van der Waals surface area contributed by atoms with Crippen LogP contribution in [0, 0.1) is 0 Å². The number of urea groups is 1. The SMILES string of the molecule is O=C1N(c2ccc(OC3CCCC3)cc2)CCN1C1CCC(N2CCN(CCCO)CC2)CC1. The minimum absolute atomic E-state index is 0.172. The first-order valence-electron chi connectivity index (χ1n) is 13.6. The Morgan fingerprint density at radius 2 is 1.50 bits per heavy atom. The van der Waals surface area contributed by atoms with Gasteiger partial charge in [0.2, 0.25) is 0 Å². The highest BCUT2D eigenvalue weighted by Gasteiger charge is 2.37. The summed E-state index contributed by atoms with van der Waals surface area (Å²) in [6.07, 6.45) is 10.7. The van der Waals surface area contributed by atoms with Gasteiger partial charge in [-0.05, 0) is 82.1 Å². The molecule has 188 valence electrons. The first kappa shape index (κ1) is 23.9. The highest BCUT2D eigenvalue weighted by molar-refractivity contribution is 5.94. The summed E-state index contributed by atoms with van der Waals surface area (Å²) in [6, 6.07) is 9.36. The summed E-state index contributed by atoms with van der Waals surface area (Å²) in [6.45, 7) is 7.41. The van der Waals surface area contributed by atoms with E-state index in [2.05, 4.69) is 14.7 Å². The molecule has 2 aliphatic carbocycles. The molecule has 2 amide bonds. The van der Waals surface area contributed by atoms with Crippen molar-refractivity contribution in [3.05, 3.63) is 24.3 Å². The van der Waals surface area contributed by atoms with Gasteiger partial charge in [-0.25, -0.2) is 4.79 Å². The number of rotatable bonds is 8. The maximum absolute atomic E-state index is 13.3. The van der Waals surface area contributed by atoms with Gasteiger partial charge in [0, 0.05) is 70.2 Å². The molecule has 1 aromatic rings. The summed E-state index contributed by atoms with van der Waals surface area (Å²) in [5.41, 5.74) is 0.985. The van der Waals surface area contributed by atoms with Gasteiger partial charge in [0.25, 0.3) is 0 Å². The van der Waals surface area contributed by atoms with Crippen molar-refractivity contribution in [2.45, 2.75) is 76.0 Å². The lowest BCUT2D eigenvalue weighted by Crippen LogP contribution is -2.52. The van der Waals surface area contributed by atoms with E-state index in [0.717, 1.165) is 89.4 Å². The number of piperazine rings is 1. The van der Waals surface area contributed by atoms with Gasteiger partial charge >= 0.3 is 6.03 Å². The predicted octanol–water partition coefficient (Wildman–Crippen LogP) is 3.56. The van der Waals surface area contributed by atoms with E-state index >= 15 is 0 Å². The first-order chi connectivity index (χ1) is 16.7. The fourth-order valence-corrected chi connectivity index (χ4v) is 6.42. The molecule has 7 nitrogen and oxygen atoms in total. The number of nitrogens with zero attached hydrogens (tertiary/aromatic N) is 4. The molecule has 2 saturated heterocycles. The van der Waals surface area contributed by atoms with Crippen LogP contribution in [0.5, 0.6) is 5.75 Å². The van der Waals surface area contributed by atoms with Crippen LogP contribution >= 0.6 is 0 Å². The topological polar surface area (TPSA) is 59.5 Å². The normalized spacial score (nSPS) is 27.6. The Labute approximate surface area is 204 Å². The number of ether oxygens (including phenoxy) is 1. The predicted molar refractivity (Wildman–Crippen MR) is 135 cm³/mol. The number of carbonyl (C=O) groups excluding carboxylic acids is 1. The molecular weight excluding hydrogens is 428 g/mol. The molecule has 0 unspecified atom stereocenters. The monoisotopic (exact) mass is 470 g/mol. The van der Waals surface area contributed by atoms with Crippen molar-refractivity contribution in [3.63, 3.8) is 0 Å². The van der Waals surface area contributed by atoms with Crippen molar-refractivity contribution in [1.82, 2.24) is 14.7 Å². The zero-order chi connectivity index (χ0) is 23.3. The lowest BCUT2D eigenvalue weighted by Gasteiger charge is -2.43. The van der Waals surface area contributed by atoms with Gasteiger partial charge < -0.3 is 19.6 Å². The zero-order valence-corrected chi connectivity index (χ0v) is 20.6. The first-order valence-corrected chi connectivity index (χ1v) is 13.6. The van der Waals surface area contributed by atoms with E-state index in [1.807, 2.05) is 29.2 Å². The van der Waals surface area contributed by atoms with Gasteiger partial charge in [-0.2, -0.15) is 0 Å². The summed E-state index contributed by atoms with van der Waals surface area (Å²) in [5, 5.41) is 9.05. The number of amides is 2. The van der Waals surface area contributed by atoms with Crippen LogP contribution in [0.2, 0.25) is 0 Å². The van der Waals surface area contributed by atoms with E-state index < -0.39 is 0 Å². The van der Waals surface area contributed by atoms with Crippen molar-refractivity contribution in [2.24, 2.45) is 0 Å². The molecule has 5 rings (SSSR count). The van der Waals surface area contributed by atoms with Crippen molar-refractivity contribution in [2.75, 3.05) is 57.3 Å².